The number of hydrogen-bond acceptors (Lipinski definition) is 2. The van der Waals surface area contributed by atoms with Gasteiger partial charge in [-0.25, -0.2) is 0 Å². The lowest BCUT2D eigenvalue weighted by atomic mass is 9.85. The Morgan fingerprint density at radius 3 is 2.47 bits per heavy atom. The van der Waals surface area contributed by atoms with Crippen LogP contribution < -0.4 is 5.73 Å². The first-order valence-corrected chi connectivity index (χ1v) is 6.35. The fraction of sp³-hybridized carbons (Fsp3) is 0.846. The third kappa shape index (κ3) is 2.61. The van der Waals surface area contributed by atoms with Gasteiger partial charge in [0.1, 0.15) is 0 Å². The van der Waals surface area contributed by atoms with Crippen molar-refractivity contribution in [1.82, 2.24) is 4.90 Å². The van der Waals surface area contributed by atoms with Crippen molar-refractivity contribution >= 4 is 0 Å². The summed E-state index contributed by atoms with van der Waals surface area (Å²) >= 11 is 0. The number of rotatable bonds is 6. The van der Waals surface area contributed by atoms with Crippen molar-refractivity contribution in [3.63, 3.8) is 0 Å². The maximum Gasteiger partial charge on any atom is 0.0163 e. The van der Waals surface area contributed by atoms with Gasteiger partial charge >= 0.3 is 0 Å². The molecule has 0 atom stereocenters. The molecule has 0 amide bonds. The van der Waals surface area contributed by atoms with Crippen molar-refractivity contribution in [3.8, 4) is 0 Å². The molecule has 0 heterocycles. The van der Waals surface area contributed by atoms with Crippen LogP contribution in [0.2, 0.25) is 0 Å². The molecular formula is C13H24N2. The van der Waals surface area contributed by atoms with E-state index in [1.54, 1.807) is 0 Å². The largest absolute Gasteiger partial charge is 0.330 e. The van der Waals surface area contributed by atoms with Crippen molar-refractivity contribution in [1.29, 1.82) is 0 Å². The van der Waals surface area contributed by atoms with Gasteiger partial charge in [-0.2, -0.15) is 0 Å². The summed E-state index contributed by atoms with van der Waals surface area (Å²) < 4.78 is 0. The van der Waals surface area contributed by atoms with Gasteiger partial charge in [0.2, 0.25) is 0 Å². The van der Waals surface area contributed by atoms with Crippen molar-refractivity contribution in [2.45, 2.75) is 44.6 Å². The Kier molecular flexibility index (Phi) is 3.47. The Morgan fingerprint density at radius 1 is 1.33 bits per heavy atom. The fourth-order valence-corrected chi connectivity index (χ4v) is 2.93. The molecule has 2 aliphatic rings. The molecule has 2 nitrogen and oxygen atoms in total. The molecule has 0 bridgehead atoms. The van der Waals surface area contributed by atoms with Gasteiger partial charge in [-0.3, -0.25) is 4.90 Å². The van der Waals surface area contributed by atoms with Gasteiger partial charge in [-0.05, 0) is 37.6 Å². The molecule has 0 aromatic rings. The van der Waals surface area contributed by atoms with E-state index in [4.69, 9.17) is 5.73 Å². The van der Waals surface area contributed by atoms with Crippen molar-refractivity contribution in [2.75, 3.05) is 19.6 Å². The fourth-order valence-electron chi connectivity index (χ4n) is 2.93. The zero-order valence-electron chi connectivity index (χ0n) is 9.75. The first-order chi connectivity index (χ1) is 7.29. The molecule has 0 aromatic carbocycles. The Balaban J connectivity index is 1.93. The van der Waals surface area contributed by atoms with Crippen molar-refractivity contribution in [2.24, 2.45) is 11.1 Å². The summed E-state index contributed by atoms with van der Waals surface area (Å²) in [5, 5.41) is 0. The molecule has 0 radical (unpaired) electrons. The van der Waals surface area contributed by atoms with Gasteiger partial charge in [0.15, 0.2) is 0 Å². The normalized spacial score (nSPS) is 24.7. The quantitative estimate of drug-likeness (QED) is 0.678. The minimum absolute atomic E-state index is 0.436. The van der Waals surface area contributed by atoms with Crippen molar-refractivity contribution in [3.05, 3.63) is 12.7 Å². The predicted molar refractivity (Wildman–Crippen MR) is 64.7 cm³/mol. The van der Waals surface area contributed by atoms with E-state index in [1.165, 1.54) is 45.1 Å². The summed E-state index contributed by atoms with van der Waals surface area (Å²) in [5.41, 5.74) is 6.42. The Bertz CT molecular complexity index is 215. The molecule has 15 heavy (non-hydrogen) atoms. The van der Waals surface area contributed by atoms with E-state index in [-0.39, 0.29) is 0 Å². The average Bonchev–Trinajstić information content (AvgIpc) is 3.00. The topological polar surface area (TPSA) is 29.3 Å². The standard InChI is InChI=1S/C13H24N2/c1-2-9-15(12-5-6-12)11-13(10-14)7-3-4-8-13/h2,12H,1,3-11,14H2. The monoisotopic (exact) mass is 208 g/mol. The van der Waals surface area contributed by atoms with E-state index >= 15 is 0 Å². The Morgan fingerprint density at radius 2 is 2.00 bits per heavy atom. The molecule has 2 heteroatoms. The van der Waals surface area contributed by atoms with Crippen LogP contribution in [-0.4, -0.2) is 30.6 Å². The van der Waals surface area contributed by atoms with E-state index in [0.717, 1.165) is 19.1 Å². The van der Waals surface area contributed by atoms with Gasteiger partial charge in [0.05, 0.1) is 0 Å². The molecule has 0 aliphatic heterocycles. The molecule has 2 fully saturated rings. The zero-order valence-corrected chi connectivity index (χ0v) is 9.75. The second kappa shape index (κ2) is 4.67. The molecule has 0 saturated heterocycles. The van der Waals surface area contributed by atoms with Gasteiger partial charge < -0.3 is 5.73 Å². The van der Waals surface area contributed by atoms with Crippen LogP contribution in [-0.2, 0) is 0 Å². The van der Waals surface area contributed by atoms with Crippen LogP contribution in [0.15, 0.2) is 12.7 Å². The summed E-state index contributed by atoms with van der Waals surface area (Å²) in [6.45, 7) is 6.99. The second-order valence-corrected chi connectivity index (χ2v) is 5.36. The van der Waals surface area contributed by atoms with Gasteiger partial charge in [-0.15, -0.1) is 6.58 Å². The van der Waals surface area contributed by atoms with E-state index in [9.17, 15) is 0 Å². The van der Waals surface area contributed by atoms with Crippen LogP contribution in [0, 0.1) is 5.41 Å². The molecule has 86 valence electrons. The first kappa shape index (κ1) is 11.2. The summed E-state index contributed by atoms with van der Waals surface area (Å²) in [4.78, 5) is 2.60. The average molecular weight is 208 g/mol. The SMILES string of the molecule is C=CCN(CC1(CN)CCCC1)C1CC1. The molecule has 2 aliphatic carbocycles. The van der Waals surface area contributed by atoms with Crippen LogP contribution >= 0.6 is 0 Å². The maximum absolute atomic E-state index is 5.98. The highest BCUT2D eigenvalue weighted by molar-refractivity contribution is 4.95. The third-order valence-electron chi connectivity index (χ3n) is 4.06. The van der Waals surface area contributed by atoms with E-state index in [1.807, 2.05) is 6.08 Å². The highest BCUT2D eigenvalue weighted by Gasteiger charge is 2.38. The summed E-state index contributed by atoms with van der Waals surface area (Å²) in [6.07, 6.45) is 10.2. The Hall–Kier alpha value is -0.340. The number of hydrogen-bond donors (Lipinski definition) is 1. The molecule has 2 N–H and O–H groups in total. The van der Waals surface area contributed by atoms with Crippen LogP contribution in [0.5, 0.6) is 0 Å². The maximum atomic E-state index is 5.98. The number of nitrogens with zero attached hydrogens (tertiary/aromatic N) is 1. The molecule has 2 saturated carbocycles. The lowest BCUT2D eigenvalue weighted by molar-refractivity contribution is 0.163. The van der Waals surface area contributed by atoms with Gasteiger partial charge in [-0.1, -0.05) is 18.9 Å². The Labute approximate surface area is 93.5 Å². The smallest absolute Gasteiger partial charge is 0.0163 e. The van der Waals surface area contributed by atoms with Gasteiger partial charge in [0.25, 0.3) is 0 Å². The highest BCUT2D eigenvalue weighted by atomic mass is 15.2. The molecule has 0 aromatic heterocycles. The van der Waals surface area contributed by atoms with Crippen LogP contribution in [0.4, 0.5) is 0 Å². The molecule has 0 unspecified atom stereocenters. The minimum atomic E-state index is 0.436. The van der Waals surface area contributed by atoms with Crippen LogP contribution in [0.1, 0.15) is 38.5 Å². The predicted octanol–water partition coefficient (Wildman–Crippen LogP) is 2.16. The first-order valence-electron chi connectivity index (χ1n) is 6.35. The van der Waals surface area contributed by atoms with Crippen LogP contribution in [0.3, 0.4) is 0 Å². The van der Waals surface area contributed by atoms with Crippen molar-refractivity contribution < 1.29 is 0 Å². The molecular weight excluding hydrogens is 184 g/mol. The van der Waals surface area contributed by atoms with Gasteiger partial charge in [0, 0.05) is 19.1 Å². The number of nitrogens with two attached hydrogens (primary N) is 1. The summed E-state index contributed by atoms with van der Waals surface area (Å²) in [6, 6.07) is 0.840. The molecule has 2 rings (SSSR count). The second-order valence-electron chi connectivity index (χ2n) is 5.36. The summed E-state index contributed by atoms with van der Waals surface area (Å²) in [5.74, 6) is 0. The van der Waals surface area contributed by atoms with E-state index < -0.39 is 0 Å². The molecule has 0 spiro atoms. The highest BCUT2D eigenvalue weighted by Crippen LogP contribution is 2.40. The van der Waals surface area contributed by atoms with E-state index in [0.29, 0.717) is 5.41 Å². The lowest BCUT2D eigenvalue weighted by Gasteiger charge is -2.34. The van der Waals surface area contributed by atoms with E-state index in [2.05, 4.69) is 11.5 Å². The summed E-state index contributed by atoms with van der Waals surface area (Å²) in [7, 11) is 0. The lowest BCUT2D eigenvalue weighted by Crippen LogP contribution is -2.42. The third-order valence-corrected chi connectivity index (χ3v) is 4.06. The minimum Gasteiger partial charge on any atom is -0.330 e. The zero-order chi connectivity index (χ0) is 10.7. The van der Waals surface area contributed by atoms with Crippen LogP contribution in [0.25, 0.3) is 0 Å².